The number of aliphatic hydroxyl groups is 1. The minimum absolute atomic E-state index is 0.296. The number of ether oxygens (including phenoxy) is 1. The van der Waals surface area contributed by atoms with Crippen LogP contribution in [0.4, 0.5) is 5.69 Å². The number of benzene rings is 2. The van der Waals surface area contributed by atoms with E-state index in [1.807, 2.05) is 19.1 Å². The molecule has 0 aliphatic heterocycles. The van der Waals surface area contributed by atoms with E-state index in [1.54, 1.807) is 36.4 Å². The van der Waals surface area contributed by atoms with Crippen LogP contribution in [0.2, 0.25) is 0 Å². The van der Waals surface area contributed by atoms with Gasteiger partial charge in [0.05, 0.1) is 7.11 Å². The molecule has 0 radical (unpaired) electrons. The summed E-state index contributed by atoms with van der Waals surface area (Å²) in [5.41, 5.74) is 2.05. The molecule has 0 spiro atoms. The van der Waals surface area contributed by atoms with Crippen molar-refractivity contribution in [1.29, 1.82) is 0 Å². The highest BCUT2D eigenvalue weighted by atomic mass is 16.5. The maximum Gasteiger partial charge on any atom is 0.296 e. The van der Waals surface area contributed by atoms with Gasteiger partial charge in [-0.1, -0.05) is 31.2 Å². The minimum atomic E-state index is -0.838. The third-order valence-corrected chi connectivity index (χ3v) is 3.48. The Morgan fingerprint density at radius 1 is 1.17 bits per heavy atom. The molecule has 2 rings (SSSR count). The van der Waals surface area contributed by atoms with Gasteiger partial charge >= 0.3 is 0 Å². The van der Waals surface area contributed by atoms with Crippen LogP contribution in [0.3, 0.4) is 0 Å². The number of hydrogen-bond acceptors (Lipinski definition) is 4. The van der Waals surface area contributed by atoms with Crippen molar-refractivity contribution in [1.82, 2.24) is 0 Å². The molecule has 24 heavy (non-hydrogen) atoms. The van der Waals surface area contributed by atoms with Gasteiger partial charge in [0, 0.05) is 17.3 Å². The molecule has 2 N–H and O–H groups in total. The quantitative estimate of drug-likeness (QED) is 0.485. The largest absolute Gasteiger partial charge is 0.507 e. The number of carbonyl (C=O) groups is 2. The smallest absolute Gasteiger partial charge is 0.296 e. The molecule has 0 fully saturated rings. The second-order valence-corrected chi connectivity index (χ2v) is 5.13. The highest BCUT2D eigenvalue weighted by Crippen LogP contribution is 2.18. The van der Waals surface area contributed by atoms with E-state index in [1.165, 1.54) is 7.11 Å². The molecule has 0 heterocycles. The maximum atomic E-state index is 11.9. The molecule has 124 valence electrons. The van der Waals surface area contributed by atoms with Crippen molar-refractivity contribution >= 4 is 23.1 Å². The monoisotopic (exact) mass is 325 g/mol. The molecule has 1 amide bonds. The van der Waals surface area contributed by atoms with Crippen LogP contribution in [0.5, 0.6) is 5.75 Å². The van der Waals surface area contributed by atoms with Crippen molar-refractivity contribution in [3.63, 3.8) is 0 Å². The summed E-state index contributed by atoms with van der Waals surface area (Å²) >= 11 is 0. The highest BCUT2D eigenvalue weighted by molar-refractivity contribution is 6.45. The van der Waals surface area contributed by atoms with Crippen LogP contribution in [0.25, 0.3) is 5.76 Å². The van der Waals surface area contributed by atoms with Crippen LogP contribution in [-0.4, -0.2) is 23.9 Å². The summed E-state index contributed by atoms with van der Waals surface area (Å²) in [5.74, 6) is -1.40. The van der Waals surface area contributed by atoms with Crippen molar-refractivity contribution in [2.24, 2.45) is 0 Å². The molecule has 2 aromatic rings. The number of ketones is 1. The Balaban J connectivity index is 2.07. The first-order valence-electron chi connectivity index (χ1n) is 7.52. The number of nitrogens with one attached hydrogen (secondary N) is 1. The van der Waals surface area contributed by atoms with Gasteiger partial charge in [-0.3, -0.25) is 9.59 Å². The van der Waals surface area contributed by atoms with Crippen molar-refractivity contribution in [3.05, 3.63) is 65.7 Å². The van der Waals surface area contributed by atoms with Gasteiger partial charge in [-0.25, -0.2) is 0 Å². The van der Waals surface area contributed by atoms with Crippen LogP contribution in [0.1, 0.15) is 18.1 Å². The van der Waals surface area contributed by atoms with Gasteiger partial charge in [0.1, 0.15) is 11.5 Å². The van der Waals surface area contributed by atoms with Gasteiger partial charge in [-0.2, -0.15) is 0 Å². The van der Waals surface area contributed by atoms with Crippen molar-refractivity contribution in [3.8, 4) is 5.75 Å². The normalized spacial score (nSPS) is 11.0. The molecule has 5 nitrogen and oxygen atoms in total. The zero-order chi connectivity index (χ0) is 17.5. The van der Waals surface area contributed by atoms with Crippen LogP contribution >= 0.6 is 0 Å². The molecule has 0 atom stereocenters. The first-order valence-corrected chi connectivity index (χ1v) is 7.52. The van der Waals surface area contributed by atoms with Gasteiger partial charge in [0.25, 0.3) is 5.91 Å². The molecular weight excluding hydrogens is 306 g/mol. The fourth-order valence-corrected chi connectivity index (χ4v) is 2.07. The molecular formula is C19H19NO4. The van der Waals surface area contributed by atoms with E-state index in [4.69, 9.17) is 4.74 Å². The Morgan fingerprint density at radius 3 is 2.50 bits per heavy atom. The fourth-order valence-electron chi connectivity index (χ4n) is 2.07. The lowest BCUT2D eigenvalue weighted by molar-refractivity contribution is -0.131. The number of carbonyl (C=O) groups excluding carboxylic acids is 2. The maximum absolute atomic E-state index is 11.9. The number of anilines is 1. The number of hydrogen-bond donors (Lipinski definition) is 2. The Bertz CT molecular complexity index is 763. The van der Waals surface area contributed by atoms with Gasteiger partial charge in [0.15, 0.2) is 0 Å². The third-order valence-electron chi connectivity index (χ3n) is 3.48. The number of methoxy groups -OCH3 is 1. The summed E-state index contributed by atoms with van der Waals surface area (Å²) in [6.45, 7) is 2.03. The lowest BCUT2D eigenvalue weighted by atomic mass is 10.1. The Labute approximate surface area is 140 Å². The lowest BCUT2D eigenvalue weighted by Gasteiger charge is -2.05. The summed E-state index contributed by atoms with van der Waals surface area (Å²) in [4.78, 5) is 23.8. The van der Waals surface area contributed by atoms with Gasteiger partial charge in [-0.15, -0.1) is 0 Å². The van der Waals surface area contributed by atoms with Crippen molar-refractivity contribution in [2.45, 2.75) is 13.3 Å². The minimum Gasteiger partial charge on any atom is -0.507 e. The summed E-state index contributed by atoms with van der Waals surface area (Å²) in [7, 11) is 1.50. The van der Waals surface area contributed by atoms with Crippen LogP contribution in [-0.2, 0) is 16.0 Å². The number of amides is 1. The van der Waals surface area contributed by atoms with E-state index in [0.717, 1.165) is 18.1 Å². The molecule has 0 saturated carbocycles. The second kappa shape index (κ2) is 7.97. The van der Waals surface area contributed by atoms with E-state index in [0.29, 0.717) is 17.0 Å². The topological polar surface area (TPSA) is 75.6 Å². The predicted octanol–water partition coefficient (Wildman–Crippen LogP) is 3.36. The summed E-state index contributed by atoms with van der Waals surface area (Å²) in [6, 6.07) is 13.8. The first kappa shape index (κ1) is 17.3. The highest BCUT2D eigenvalue weighted by Gasteiger charge is 2.13. The van der Waals surface area contributed by atoms with Crippen molar-refractivity contribution < 1.29 is 19.4 Å². The van der Waals surface area contributed by atoms with E-state index >= 15 is 0 Å². The molecule has 0 aromatic heterocycles. The summed E-state index contributed by atoms with van der Waals surface area (Å²) in [5, 5.41) is 12.5. The van der Waals surface area contributed by atoms with Crippen LogP contribution in [0.15, 0.2) is 54.6 Å². The molecule has 5 heteroatoms. The number of rotatable bonds is 6. The zero-order valence-electron chi connectivity index (χ0n) is 13.6. The lowest BCUT2D eigenvalue weighted by Crippen LogP contribution is -2.21. The molecule has 2 aromatic carbocycles. The SMILES string of the molecule is CCc1ccc(NC(=O)C(=O)C=C(O)c2cccc(OC)c2)cc1. The van der Waals surface area contributed by atoms with E-state index in [2.05, 4.69) is 5.32 Å². The second-order valence-electron chi connectivity index (χ2n) is 5.13. The molecule has 0 aliphatic carbocycles. The first-order chi connectivity index (χ1) is 11.5. The summed E-state index contributed by atoms with van der Waals surface area (Å²) in [6.07, 6.45) is 1.79. The predicted molar refractivity (Wildman–Crippen MR) is 93.1 cm³/mol. The van der Waals surface area contributed by atoms with Crippen molar-refractivity contribution in [2.75, 3.05) is 12.4 Å². The average Bonchev–Trinajstić information content (AvgIpc) is 2.62. The van der Waals surface area contributed by atoms with Gasteiger partial charge < -0.3 is 15.2 Å². The van der Waals surface area contributed by atoms with Gasteiger partial charge in [0.2, 0.25) is 5.78 Å². The molecule has 0 unspecified atom stereocenters. The van der Waals surface area contributed by atoms with Crippen LogP contribution < -0.4 is 10.1 Å². The van der Waals surface area contributed by atoms with E-state index in [9.17, 15) is 14.7 Å². The Hall–Kier alpha value is -3.08. The standard InChI is InChI=1S/C19H19NO4/c1-3-13-7-9-15(10-8-13)20-19(23)18(22)12-17(21)14-5-4-6-16(11-14)24-2/h4-12,21H,3H2,1-2H3,(H,20,23). The number of aliphatic hydroxyl groups excluding tert-OH is 1. The fraction of sp³-hybridized carbons (Fsp3) is 0.158. The summed E-state index contributed by atoms with van der Waals surface area (Å²) < 4.78 is 5.05. The van der Waals surface area contributed by atoms with Gasteiger partial charge in [-0.05, 0) is 36.2 Å². The Kier molecular flexibility index (Phi) is 5.73. The Morgan fingerprint density at radius 2 is 1.88 bits per heavy atom. The molecule has 0 bridgehead atoms. The van der Waals surface area contributed by atoms with E-state index < -0.39 is 11.7 Å². The molecule has 0 saturated heterocycles. The number of aryl methyl sites for hydroxylation is 1. The molecule has 0 aliphatic rings. The van der Waals surface area contributed by atoms with E-state index in [-0.39, 0.29) is 5.76 Å². The zero-order valence-corrected chi connectivity index (χ0v) is 13.6. The van der Waals surface area contributed by atoms with Crippen LogP contribution in [0, 0.1) is 0 Å². The average molecular weight is 325 g/mol. The third kappa shape index (κ3) is 4.46.